The Kier molecular flexibility index (Phi) is 10.0. The van der Waals surface area contributed by atoms with Crippen molar-refractivity contribution < 1.29 is 19.1 Å². The molecule has 0 unspecified atom stereocenters. The van der Waals surface area contributed by atoms with Crippen molar-refractivity contribution in [3.05, 3.63) is 78.4 Å². The summed E-state index contributed by atoms with van der Waals surface area (Å²) >= 11 is 0. The molecule has 3 amide bonds. The van der Waals surface area contributed by atoms with E-state index in [1.54, 1.807) is 24.3 Å². The van der Waals surface area contributed by atoms with E-state index in [4.69, 9.17) is 4.74 Å². The average Bonchev–Trinajstić information content (AvgIpc) is 2.78. The van der Waals surface area contributed by atoms with Gasteiger partial charge in [0.2, 0.25) is 11.8 Å². The molecule has 0 atom stereocenters. The molecule has 0 aliphatic heterocycles. The molecule has 0 saturated heterocycles. The van der Waals surface area contributed by atoms with Crippen LogP contribution >= 0.6 is 0 Å². The highest BCUT2D eigenvalue weighted by atomic mass is 16.5. The number of ether oxygens (including phenoxy) is 1. The molecule has 0 saturated carbocycles. The van der Waals surface area contributed by atoms with Gasteiger partial charge in [-0.1, -0.05) is 36.4 Å². The second kappa shape index (κ2) is 13.3. The van der Waals surface area contributed by atoms with Gasteiger partial charge in [0.25, 0.3) is 5.91 Å². The number of hydrogen-bond donors (Lipinski definition) is 3. The van der Waals surface area contributed by atoms with Crippen LogP contribution in [0.3, 0.4) is 0 Å². The van der Waals surface area contributed by atoms with Crippen molar-refractivity contribution in [1.29, 1.82) is 0 Å². The zero-order chi connectivity index (χ0) is 22.3. The Labute approximate surface area is 181 Å². The highest BCUT2D eigenvalue weighted by Gasteiger charge is 2.07. The molecular formula is C23H26N4O4. The van der Waals surface area contributed by atoms with Crippen LogP contribution in [0, 0.1) is 0 Å². The van der Waals surface area contributed by atoms with Gasteiger partial charge in [-0.15, -0.1) is 6.58 Å². The quantitative estimate of drug-likeness (QED) is 0.209. The van der Waals surface area contributed by atoms with Crippen molar-refractivity contribution in [2.75, 3.05) is 19.7 Å². The summed E-state index contributed by atoms with van der Waals surface area (Å²) in [5.41, 5.74) is 4.16. The number of nitrogens with one attached hydrogen (secondary N) is 3. The molecule has 0 aliphatic rings. The second-order valence-corrected chi connectivity index (χ2v) is 6.51. The monoisotopic (exact) mass is 422 g/mol. The molecular weight excluding hydrogens is 396 g/mol. The first-order chi connectivity index (χ1) is 15.1. The minimum atomic E-state index is -0.518. The fourth-order valence-corrected chi connectivity index (χ4v) is 2.45. The summed E-state index contributed by atoms with van der Waals surface area (Å²) in [5, 5.41) is 9.13. The molecule has 8 heteroatoms. The highest BCUT2D eigenvalue weighted by Crippen LogP contribution is 2.10. The van der Waals surface area contributed by atoms with E-state index in [1.807, 2.05) is 30.3 Å². The maximum atomic E-state index is 11.9. The number of amides is 3. The Morgan fingerprint density at radius 3 is 2.39 bits per heavy atom. The molecule has 0 aliphatic carbocycles. The van der Waals surface area contributed by atoms with Gasteiger partial charge >= 0.3 is 0 Å². The molecule has 3 N–H and O–H groups in total. The third-order valence-corrected chi connectivity index (χ3v) is 4.00. The lowest BCUT2D eigenvalue weighted by molar-refractivity contribution is -0.129. The van der Waals surface area contributed by atoms with Crippen LogP contribution in [-0.2, 0) is 20.8 Å². The number of hydrazone groups is 1. The molecule has 0 spiro atoms. The standard InChI is InChI=1S/C23H26N4O4/c1-2-13-24-21(28)15-22(29)27-26-16-19-8-10-20(11-9-19)31-17-23(30)25-14-12-18-6-4-3-5-7-18/h2-11,16H,1,12-15,17H2,(H,24,28)(H,25,30)(H,27,29)/b26-16+. The molecule has 2 rings (SSSR count). The summed E-state index contributed by atoms with van der Waals surface area (Å²) in [5.74, 6) is -0.575. The Hall–Kier alpha value is -3.94. The molecule has 2 aromatic carbocycles. The van der Waals surface area contributed by atoms with Crippen LogP contribution in [0.2, 0.25) is 0 Å². The molecule has 31 heavy (non-hydrogen) atoms. The van der Waals surface area contributed by atoms with Crippen molar-refractivity contribution in [2.45, 2.75) is 12.8 Å². The van der Waals surface area contributed by atoms with Gasteiger partial charge in [0.15, 0.2) is 6.61 Å². The molecule has 0 aromatic heterocycles. The highest BCUT2D eigenvalue weighted by molar-refractivity contribution is 5.97. The first kappa shape index (κ1) is 23.3. The number of carbonyl (C=O) groups excluding carboxylic acids is 3. The lowest BCUT2D eigenvalue weighted by Gasteiger charge is -2.08. The van der Waals surface area contributed by atoms with E-state index >= 15 is 0 Å². The lowest BCUT2D eigenvalue weighted by atomic mass is 10.1. The van der Waals surface area contributed by atoms with Crippen LogP contribution in [0.25, 0.3) is 0 Å². The molecule has 0 fully saturated rings. The van der Waals surface area contributed by atoms with E-state index in [0.29, 0.717) is 18.8 Å². The van der Waals surface area contributed by atoms with E-state index in [-0.39, 0.29) is 18.9 Å². The van der Waals surface area contributed by atoms with E-state index in [2.05, 4.69) is 27.7 Å². The minimum Gasteiger partial charge on any atom is -0.484 e. The predicted octanol–water partition coefficient (Wildman–Crippen LogP) is 1.57. The molecule has 0 heterocycles. The Balaban J connectivity index is 1.66. The zero-order valence-electron chi connectivity index (χ0n) is 17.2. The normalized spacial score (nSPS) is 10.3. The molecule has 2 aromatic rings. The molecule has 0 radical (unpaired) electrons. The first-order valence-electron chi connectivity index (χ1n) is 9.80. The Morgan fingerprint density at radius 2 is 1.68 bits per heavy atom. The molecule has 0 bridgehead atoms. The van der Waals surface area contributed by atoms with Crippen molar-refractivity contribution in [3.8, 4) is 5.75 Å². The summed E-state index contributed by atoms with van der Waals surface area (Å²) in [7, 11) is 0. The second-order valence-electron chi connectivity index (χ2n) is 6.51. The van der Waals surface area contributed by atoms with Gasteiger partial charge in [-0.05, 0) is 41.8 Å². The van der Waals surface area contributed by atoms with Crippen LogP contribution in [-0.4, -0.2) is 43.6 Å². The summed E-state index contributed by atoms with van der Waals surface area (Å²) in [6.07, 6.45) is 3.42. The van der Waals surface area contributed by atoms with Crippen molar-refractivity contribution >= 4 is 23.9 Å². The van der Waals surface area contributed by atoms with Gasteiger partial charge in [-0.2, -0.15) is 5.10 Å². The van der Waals surface area contributed by atoms with E-state index in [9.17, 15) is 14.4 Å². The first-order valence-corrected chi connectivity index (χ1v) is 9.80. The number of benzene rings is 2. The number of rotatable bonds is 12. The SMILES string of the molecule is C=CCNC(=O)CC(=O)N/N=C/c1ccc(OCC(=O)NCCc2ccccc2)cc1. The lowest BCUT2D eigenvalue weighted by Crippen LogP contribution is -2.30. The topological polar surface area (TPSA) is 109 Å². The van der Waals surface area contributed by atoms with Crippen molar-refractivity contribution in [2.24, 2.45) is 5.10 Å². The van der Waals surface area contributed by atoms with Crippen LogP contribution in [0.4, 0.5) is 0 Å². The largest absolute Gasteiger partial charge is 0.484 e. The van der Waals surface area contributed by atoms with Gasteiger partial charge in [0, 0.05) is 13.1 Å². The van der Waals surface area contributed by atoms with Gasteiger partial charge in [0.1, 0.15) is 12.2 Å². The fourth-order valence-electron chi connectivity index (χ4n) is 2.45. The van der Waals surface area contributed by atoms with Gasteiger partial charge in [-0.25, -0.2) is 5.43 Å². The van der Waals surface area contributed by atoms with Crippen molar-refractivity contribution in [1.82, 2.24) is 16.1 Å². The van der Waals surface area contributed by atoms with E-state index in [1.165, 1.54) is 12.3 Å². The maximum Gasteiger partial charge on any atom is 0.257 e. The van der Waals surface area contributed by atoms with E-state index in [0.717, 1.165) is 17.5 Å². The third-order valence-electron chi connectivity index (χ3n) is 4.00. The number of hydrogen-bond acceptors (Lipinski definition) is 5. The Bertz CT molecular complexity index is 896. The van der Waals surface area contributed by atoms with Crippen LogP contribution in [0.5, 0.6) is 5.75 Å². The maximum absolute atomic E-state index is 11.9. The minimum absolute atomic E-state index is 0.0772. The summed E-state index contributed by atoms with van der Waals surface area (Å²) in [6, 6.07) is 16.8. The third kappa shape index (κ3) is 9.89. The summed E-state index contributed by atoms with van der Waals surface area (Å²) in [4.78, 5) is 34.9. The average molecular weight is 422 g/mol. The summed E-state index contributed by atoms with van der Waals surface area (Å²) in [6.45, 7) is 4.25. The van der Waals surface area contributed by atoms with Gasteiger partial charge in [-0.3, -0.25) is 14.4 Å². The smallest absolute Gasteiger partial charge is 0.257 e. The number of nitrogens with zero attached hydrogens (tertiary/aromatic N) is 1. The molecule has 8 nitrogen and oxygen atoms in total. The fraction of sp³-hybridized carbons (Fsp3) is 0.217. The van der Waals surface area contributed by atoms with Crippen LogP contribution in [0.15, 0.2) is 72.4 Å². The van der Waals surface area contributed by atoms with Crippen LogP contribution in [0.1, 0.15) is 17.5 Å². The van der Waals surface area contributed by atoms with E-state index < -0.39 is 11.8 Å². The molecule has 162 valence electrons. The predicted molar refractivity (Wildman–Crippen MR) is 119 cm³/mol. The van der Waals surface area contributed by atoms with Crippen LogP contribution < -0.4 is 20.8 Å². The van der Waals surface area contributed by atoms with Gasteiger partial charge < -0.3 is 15.4 Å². The van der Waals surface area contributed by atoms with Gasteiger partial charge in [0.05, 0.1) is 6.21 Å². The Morgan fingerprint density at radius 1 is 0.935 bits per heavy atom. The van der Waals surface area contributed by atoms with Crippen molar-refractivity contribution in [3.63, 3.8) is 0 Å². The zero-order valence-corrected chi connectivity index (χ0v) is 17.2. The number of carbonyl (C=O) groups is 3. The summed E-state index contributed by atoms with van der Waals surface area (Å²) < 4.78 is 5.47.